The molecule has 28 heavy (non-hydrogen) atoms. The molecule has 2 aromatic rings. The van der Waals surface area contributed by atoms with E-state index in [1.54, 1.807) is 0 Å². The van der Waals surface area contributed by atoms with Crippen molar-refractivity contribution in [1.82, 2.24) is 19.9 Å². The number of aromatic nitrogens is 3. The van der Waals surface area contributed by atoms with Crippen LogP contribution in [0.15, 0.2) is 15.7 Å². The lowest BCUT2D eigenvalue weighted by Crippen LogP contribution is -2.43. The number of carboxylic acids is 1. The molecule has 0 spiro atoms. The molecule has 3 N–H and O–H groups in total. The summed E-state index contributed by atoms with van der Waals surface area (Å²) in [6, 6.07) is 1.50. The zero-order valence-corrected chi connectivity index (χ0v) is 16.3. The molecular formula is C19H24N4O5. The summed E-state index contributed by atoms with van der Waals surface area (Å²) in [5.41, 5.74) is -1.88. The Bertz CT molecular complexity index is 1080. The maximum atomic E-state index is 12.9. The summed E-state index contributed by atoms with van der Waals surface area (Å²) < 4.78 is 1.36. The molecule has 1 fully saturated rings. The summed E-state index contributed by atoms with van der Waals surface area (Å²) in [7, 11) is 0. The van der Waals surface area contributed by atoms with Crippen LogP contribution in [-0.2, 0) is 11.3 Å². The minimum atomic E-state index is -1.29. The number of aromatic amines is 1. The predicted octanol–water partition coefficient (Wildman–Crippen LogP) is 1.21. The van der Waals surface area contributed by atoms with Crippen LogP contribution in [0.3, 0.4) is 0 Å². The van der Waals surface area contributed by atoms with E-state index in [1.807, 2.05) is 27.7 Å². The zero-order valence-electron chi connectivity index (χ0n) is 16.3. The average Bonchev–Trinajstić information content (AvgIpc) is 3.38. The molecule has 1 aliphatic rings. The number of carbonyl (C=O) groups is 2. The zero-order chi connectivity index (χ0) is 20.8. The Balaban J connectivity index is 2.27. The number of H-pyrrole nitrogens is 1. The van der Waals surface area contributed by atoms with Gasteiger partial charge < -0.3 is 10.4 Å². The van der Waals surface area contributed by atoms with Gasteiger partial charge in [0.2, 0.25) is 0 Å². The first-order chi connectivity index (χ1) is 13.1. The fourth-order valence-corrected chi connectivity index (χ4v) is 3.10. The summed E-state index contributed by atoms with van der Waals surface area (Å²) in [5, 5.41) is 11.9. The summed E-state index contributed by atoms with van der Waals surface area (Å²) in [6.07, 6.45) is 0.672. The van der Waals surface area contributed by atoms with E-state index in [0.29, 0.717) is 25.1 Å². The van der Waals surface area contributed by atoms with Crippen LogP contribution < -0.4 is 16.6 Å². The van der Waals surface area contributed by atoms with E-state index in [0.717, 1.165) is 0 Å². The number of nitrogens with one attached hydrogen (secondary N) is 2. The molecule has 1 aliphatic carbocycles. The second-order valence-electron chi connectivity index (χ2n) is 8.05. The van der Waals surface area contributed by atoms with Gasteiger partial charge in [0.1, 0.15) is 5.54 Å². The fraction of sp³-hybridized carbons (Fsp3) is 0.526. The van der Waals surface area contributed by atoms with Gasteiger partial charge >= 0.3 is 11.7 Å². The normalized spacial score (nSPS) is 15.2. The van der Waals surface area contributed by atoms with Gasteiger partial charge in [-0.1, -0.05) is 27.7 Å². The molecule has 9 heteroatoms. The van der Waals surface area contributed by atoms with E-state index in [4.69, 9.17) is 0 Å². The number of hydrogen-bond acceptors (Lipinski definition) is 5. The lowest BCUT2D eigenvalue weighted by molar-refractivity contribution is -0.140. The van der Waals surface area contributed by atoms with Crippen molar-refractivity contribution in [3.8, 4) is 0 Å². The van der Waals surface area contributed by atoms with E-state index >= 15 is 0 Å². The highest BCUT2D eigenvalue weighted by atomic mass is 16.4. The Labute approximate surface area is 160 Å². The largest absolute Gasteiger partial charge is 0.480 e. The van der Waals surface area contributed by atoms with Gasteiger partial charge in [-0.15, -0.1) is 0 Å². The maximum absolute atomic E-state index is 12.9. The van der Waals surface area contributed by atoms with Crippen LogP contribution in [-0.4, -0.2) is 37.1 Å². The first-order valence-corrected chi connectivity index (χ1v) is 9.29. The third-order valence-electron chi connectivity index (χ3n) is 4.86. The molecule has 0 saturated heterocycles. The highest BCUT2D eigenvalue weighted by Crippen LogP contribution is 2.36. The summed E-state index contributed by atoms with van der Waals surface area (Å²) >= 11 is 0. The van der Waals surface area contributed by atoms with Crippen molar-refractivity contribution in [2.45, 2.75) is 58.5 Å². The topological polar surface area (TPSA) is 134 Å². The van der Waals surface area contributed by atoms with Crippen molar-refractivity contribution in [2.24, 2.45) is 5.92 Å². The molecule has 0 aliphatic heterocycles. The van der Waals surface area contributed by atoms with Gasteiger partial charge in [-0.2, -0.15) is 0 Å². The van der Waals surface area contributed by atoms with E-state index in [9.17, 15) is 24.3 Å². The van der Waals surface area contributed by atoms with Crippen molar-refractivity contribution in [3.63, 3.8) is 0 Å². The van der Waals surface area contributed by atoms with Crippen molar-refractivity contribution < 1.29 is 14.7 Å². The van der Waals surface area contributed by atoms with Crippen LogP contribution in [0.1, 0.15) is 62.5 Å². The lowest BCUT2D eigenvalue weighted by atomic mass is 10.0. The van der Waals surface area contributed by atoms with Crippen LogP contribution in [0.4, 0.5) is 0 Å². The molecule has 150 valence electrons. The molecule has 1 amide bonds. The van der Waals surface area contributed by atoms with Gasteiger partial charge in [-0.25, -0.2) is 14.6 Å². The molecular weight excluding hydrogens is 364 g/mol. The number of pyridine rings is 1. The van der Waals surface area contributed by atoms with Crippen molar-refractivity contribution in [2.75, 3.05) is 0 Å². The molecule has 9 nitrogen and oxygen atoms in total. The van der Waals surface area contributed by atoms with Gasteiger partial charge in [0.15, 0.2) is 5.65 Å². The predicted molar refractivity (Wildman–Crippen MR) is 103 cm³/mol. The summed E-state index contributed by atoms with van der Waals surface area (Å²) in [5.74, 6) is -1.72. The monoisotopic (exact) mass is 388 g/mol. The SMILES string of the molecule is CC(C)Cn1c(=O)[nH]c(=O)c2c(C(=O)NC3(C(=O)O)CC3)cc(C(C)C)nc21. The molecule has 3 rings (SSSR count). The molecule has 0 atom stereocenters. The molecule has 0 unspecified atom stereocenters. The highest BCUT2D eigenvalue weighted by Gasteiger charge is 2.51. The molecule has 0 aromatic carbocycles. The quantitative estimate of drug-likeness (QED) is 0.681. The molecule has 2 aromatic heterocycles. The first-order valence-electron chi connectivity index (χ1n) is 9.29. The Hall–Kier alpha value is -2.97. The third kappa shape index (κ3) is 3.44. The third-order valence-corrected chi connectivity index (χ3v) is 4.86. The van der Waals surface area contributed by atoms with Crippen LogP contribution >= 0.6 is 0 Å². The summed E-state index contributed by atoms with van der Waals surface area (Å²) in [4.78, 5) is 56.0. The van der Waals surface area contributed by atoms with Gasteiger partial charge in [0.05, 0.1) is 10.9 Å². The van der Waals surface area contributed by atoms with E-state index in [1.165, 1.54) is 10.6 Å². The van der Waals surface area contributed by atoms with E-state index < -0.39 is 28.7 Å². The first kappa shape index (κ1) is 19.8. The Morgan fingerprint density at radius 3 is 2.43 bits per heavy atom. The second kappa shape index (κ2) is 6.88. The molecule has 1 saturated carbocycles. The number of carbonyl (C=O) groups excluding carboxylic acids is 1. The van der Waals surface area contributed by atoms with Crippen LogP contribution in [0.2, 0.25) is 0 Å². The van der Waals surface area contributed by atoms with Gasteiger partial charge in [-0.3, -0.25) is 19.1 Å². The van der Waals surface area contributed by atoms with Crippen molar-refractivity contribution in [3.05, 3.63) is 38.2 Å². The van der Waals surface area contributed by atoms with Crippen molar-refractivity contribution in [1.29, 1.82) is 0 Å². The Kier molecular flexibility index (Phi) is 4.86. The number of fused-ring (bicyclic) bond motifs is 1. The maximum Gasteiger partial charge on any atom is 0.330 e. The number of carboxylic acid groups (broad SMARTS) is 1. The van der Waals surface area contributed by atoms with Gasteiger partial charge in [0, 0.05) is 12.2 Å². The number of aliphatic carboxylic acids is 1. The van der Waals surface area contributed by atoms with Crippen LogP contribution in [0.25, 0.3) is 11.0 Å². The second-order valence-corrected chi connectivity index (χ2v) is 8.05. The minimum absolute atomic E-state index is 0.0108. The number of hydrogen-bond donors (Lipinski definition) is 3. The van der Waals surface area contributed by atoms with E-state index in [2.05, 4.69) is 15.3 Å². The molecule has 2 heterocycles. The standard InChI is InChI=1S/C19H24N4O5/c1-9(2)8-23-14-13(16(25)21-18(23)28)11(7-12(20-14)10(3)4)15(24)22-19(5-6-19)17(26)27/h7,9-10H,5-6,8H2,1-4H3,(H,22,24)(H,26,27)(H,21,25,28). The molecule has 0 bridgehead atoms. The van der Waals surface area contributed by atoms with Gasteiger partial charge in [-0.05, 0) is 30.7 Å². The number of nitrogens with zero attached hydrogens (tertiary/aromatic N) is 2. The highest BCUT2D eigenvalue weighted by molar-refractivity contribution is 6.07. The van der Waals surface area contributed by atoms with Crippen molar-refractivity contribution >= 4 is 22.9 Å². The van der Waals surface area contributed by atoms with Crippen LogP contribution in [0.5, 0.6) is 0 Å². The average molecular weight is 388 g/mol. The fourth-order valence-electron chi connectivity index (χ4n) is 3.10. The smallest absolute Gasteiger partial charge is 0.330 e. The van der Waals surface area contributed by atoms with Crippen LogP contribution in [0, 0.1) is 5.92 Å². The minimum Gasteiger partial charge on any atom is -0.480 e. The van der Waals surface area contributed by atoms with Gasteiger partial charge in [0.25, 0.3) is 11.5 Å². The lowest BCUT2D eigenvalue weighted by Gasteiger charge is -2.17. The number of amides is 1. The van der Waals surface area contributed by atoms with E-state index in [-0.39, 0.29) is 28.4 Å². The number of rotatable bonds is 6. The Morgan fingerprint density at radius 1 is 1.29 bits per heavy atom. The molecule has 0 radical (unpaired) electrons. The Morgan fingerprint density at radius 2 is 1.93 bits per heavy atom. The summed E-state index contributed by atoms with van der Waals surface area (Å²) in [6.45, 7) is 7.93.